The molecule has 0 bridgehead atoms. The minimum atomic E-state index is -3.73. The van der Waals surface area contributed by atoms with Crippen LogP contribution in [0.4, 0.5) is 5.69 Å². The van der Waals surface area contributed by atoms with Gasteiger partial charge in [-0.15, -0.1) is 0 Å². The highest BCUT2D eigenvalue weighted by Crippen LogP contribution is 2.34. The predicted octanol–water partition coefficient (Wildman–Crippen LogP) is 6.10. The van der Waals surface area contributed by atoms with Gasteiger partial charge in [-0.05, 0) is 75.1 Å². The van der Waals surface area contributed by atoms with E-state index in [4.69, 9.17) is 16.3 Å². The van der Waals surface area contributed by atoms with E-state index in [1.807, 2.05) is 63.2 Å². The molecule has 1 atom stereocenters. The maximum Gasteiger partial charge on any atom is 0.243 e. The highest BCUT2D eigenvalue weighted by molar-refractivity contribution is 7.89. The quantitative estimate of drug-likeness (QED) is 0.433. The molecule has 1 amide bonds. The summed E-state index contributed by atoms with van der Waals surface area (Å²) < 4.78 is 34.4. The number of benzene rings is 3. The third kappa shape index (κ3) is 5.69. The molecular weight excluding hydrogens is 484 g/mol. The number of sulfonamides is 1. The van der Waals surface area contributed by atoms with Crippen LogP contribution >= 0.6 is 11.6 Å². The highest BCUT2D eigenvalue weighted by Gasteiger charge is 2.35. The van der Waals surface area contributed by atoms with E-state index >= 15 is 0 Å². The molecule has 0 aromatic heterocycles. The third-order valence-electron chi connectivity index (χ3n) is 6.13. The van der Waals surface area contributed by atoms with Crippen LogP contribution in [0.2, 0.25) is 5.02 Å². The van der Waals surface area contributed by atoms with Crippen molar-refractivity contribution in [3.63, 3.8) is 0 Å². The number of piperidine rings is 1. The Morgan fingerprint density at radius 3 is 2.40 bits per heavy atom. The van der Waals surface area contributed by atoms with Crippen LogP contribution in [0.25, 0.3) is 0 Å². The third-order valence-corrected chi connectivity index (χ3v) is 8.53. The van der Waals surface area contributed by atoms with Crippen LogP contribution in [0, 0.1) is 26.7 Å². The van der Waals surface area contributed by atoms with E-state index in [1.54, 1.807) is 18.2 Å². The van der Waals surface area contributed by atoms with Gasteiger partial charge in [-0.2, -0.15) is 4.31 Å². The largest absolute Gasteiger partial charge is 0.455 e. The summed E-state index contributed by atoms with van der Waals surface area (Å²) in [5.41, 5.74) is 2.90. The van der Waals surface area contributed by atoms with E-state index in [-0.39, 0.29) is 12.5 Å². The Morgan fingerprint density at radius 1 is 1.03 bits per heavy atom. The average Bonchev–Trinajstić information content (AvgIpc) is 2.81. The lowest BCUT2D eigenvalue weighted by Crippen LogP contribution is -2.44. The van der Waals surface area contributed by atoms with Gasteiger partial charge < -0.3 is 10.1 Å². The fraction of sp³-hybridized carbons (Fsp3) is 0.296. The summed E-state index contributed by atoms with van der Waals surface area (Å²) in [6, 6.07) is 18.0. The maximum atomic E-state index is 13.5. The van der Waals surface area contributed by atoms with E-state index in [0.29, 0.717) is 46.5 Å². The molecule has 1 saturated heterocycles. The summed E-state index contributed by atoms with van der Waals surface area (Å²) >= 11 is 6.19. The van der Waals surface area contributed by atoms with Crippen molar-refractivity contribution in [3.8, 4) is 11.5 Å². The molecule has 1 aliphatic rings. The molecule has 8 heteroatoms. The van der Waals surface area contributed by atoms with Crippen molar-refractivity contribution in [2.24, 2.45) is 5.92 Å². The molecule has 0 aliphatic carbocycles. The number of nitrogens with zero attached hydrogens (tertiary/aromatic N) is 1. The summed E-state index contributed by atoms with van der Waals surface area (Å²) in [4.78, 5) is 13.6. The lowest BCUT2D eigenvalue weighted by Gasteiger charge is -2.32. The van der Waals surface area contributed by atoms with Gasteiger partial charge in [0.1, 0.15) is 5.75 Å². The number of para-hydroxylation sites is 1. The summed E-state index contributed by atoms with van der Waals surface area (Å²) in [5.74, 6) is 0.333. The number of carbonyl (C=O) groups excluding carboxylic acids is 1. The molecule has 1 heterocycles. The second kappa shape index (κ2) is 10.4. The molecule has 35 heavy (non-hydrogen) atoms. The van der Waals surface area contributed by atoms with Gasteiger partial charge in [0.15, 0.2) is 5.75 Å². The van der Waals surface area contributed by atoms with Crippen molar-refractivity contribution in [3.05, 3.63) is 82.4 Å². The normalized spacial score (nSPS) is 16.6. The maximum absolute atomic E-state index is 13.5. The molecule has 0 saturated carbocycles. The second-order valence-corrected chi connectivity index (χ2v) is 11.3. The molecule has 0 unspecified atom stereocenters. The molecule has 0 spiro atoms. The summed E-state index contributed by atoms with van der Waals surface area (Å²) in [7, 11) is -3.73. The van der Waals surface area contributed by atoms with Crippen molar-refractivity contribution in [1.29, 1.82) is 0 Å². The predicted molar refractivity (Wildman–Crippen MR) is 139 cm³/mol. The monoisotopic (exact) mass is 512 g/mol. The van der Waals surface area contributed by atoms with Crippen molar-refractivity contribution in [2.75, 3.05) is 18.4 Å². The molecule has 0 radical (unpaired) electrons. The van der Waals surface area contributed by atoms with Gasteiger partial charge in [0.2, 0.25) is 15.9 Å². The van der Waals surface area contributed by atoms with Crippen molar-refractivity contribution < 1.29 is 17.9 Å². The summed E-state index contributed by atoms with van der Waals surface area (Å²) in [6.45, 7) is 6.08. The molecular formula is C27H29ClN2O4S. The molecule has 3 aromatic rings. The van der Waals surface area contributed by atoms with E-state index in [0.717, 1.165) is 16.7 Å². The van der Waals surface area contributed by atoms with E-state index < -0.39 is 15.9 Å². The van der Waals surface area contributed by atoms with Crippen molar-refractivity contribution in [1.82, 2.24) is 4.31 Å². The van der Waals surface area contributed by atoms with Crippen LogP contribution in [-0.2, 0) is 14.8 Å². The first kappa shape index (κ1) is 25.2. The second-order valence-electron chi connectivity index (χ2n) is 8.97. The van der Waals surface area contributed by atoms with Crippen molar-refractivity contribution >= 4 is 33.2 Å². The number of aryl methyl sites for hydroxylation is 3. The van der Waals surface area contributed by atoms with Crippen LogP contribution in [0.3, 0.4) is 0 Å². The zero-order valence-electron chi connectivity index (χ0n) is 20.0. The Hall–Kier alpha value is -2.87. The number of carbonyl (C=O) groups is 1. The van der Waals surface area contributed by atoms with Gasteiger partial charge in [-0.25, -0.2) is 8.42 Å². The number of hydrogen-bond donors (Lipinski definition) is 1. The van der Waals surface area contributed by atoms with E-state index in [1.165, 1.54) is 4.31 Å². The molecule has 1 fully saturated rings. The Labute approximate surface area is 211 Å². The number of rotatable bonds is 6. The molecule has 3 aromatic carbocycles. The topological polar surface area (TPSA) is 75.7 Å². The van der Waals surface area contributed by atoms with Crippen molar-refractivity contribution in [2.45, 2.75) is 38.5 Å². The lowest BCUT2D eigenvalue weighted by atomic mass is 9.98. The van der Waals surface area contributed by atoms with Gasteiger partial charge in [0, 0.05) is 18.1 Å². The number of ether oxygens (including phenoxy) is 1. The molecule has 184 valence electrons. The molecule has 1 N–H and O–H groups in total. The van der Waals surface area contributed by atoms with Gasteiger partial charge >= 0.3 is 0 Å². The lowest BCUT2D eigenvalue weighted by molar-refractivity contribution is -0.120. The highest BCUT2D eigenvalue weighted by atomic mass is 35.5. The van der Waals surface area contributed by atoms with Crippen LogP contribution < -0.4 is 10.1 Å². The summed E-state index contributed by atoms with van der Waals surface area (Å²) in [6.07, 6.45) is 1.20. The van der Waals surface area contributed by atoms with Gasteiger partial charge in [0.25, 0.3) is 0 Å². The standard InChI is InChI=1S/C27H29ClN2O4S/c1-18-14-19(2)26(20(3)15-18)35(32,33)30-13-7-8-21(17-30)27(31)29-24-16-22(28)11-12-25(24)34-23-9-5-4-6-10-23/h4-6,9-12,14-16,21H,7-8,13,17H2,1-3H3,(H,29,31)/t21-/m1/s1. The van der Waals surface area contributed by atoms with Crippen LogP contribution in [0.15, 0.2) is 65.6 Å². The number of hydrogen-bond acceptors (Lipinski definition) is 4. The number of amides is 1. The zero-order chi connectivity index (χ0) is 25.2. The number of nitrogens with one attached hydrogen (secondary N) is 1. The minimum Gasteiger partial charge on any atom is -0.455 e. The Bertz CT molecular complexity index is 1320. The fourth-order valence-electron chi connectivity index (χ4n) is 4.62. The Kier molecular flexibility index (Phi) is 7.50. The van der Waals surface area contributed by atoms with Crippen LogP contribution in [-0.4, -0.2) is 31.7 Å². The molecule has 4 rings (SSSR count). The Morgan fingerprint density at radius 2 is 1.71 bits per heavy atom. The fourth-order valence-corrected chi connectivity index (χ4v) is 6.72. The van der Waals surface area contributed by atoms with Gasteiger partial charge in [0.05, 0.1) is 16.5 Å². The van der Waals surface area contributed by atoms with E-state index in [2.05, 4.69) is 5.32 Å². The first-order chi connectivity index (χ1) is 16.6. The Balaban J connectivity index is 1.53. The first-order valence-electron chi connectivity index (χ1n) is 11.6. The smallest absolute Gasteiger partial charge is 0.243 e. The first-order valence-corrected chi connectivity index (χ1v) is 13.4. The SMILES string of the molecule is Cc1cc(C)c(S(=O)(=O)N2CCC[C@@H](C(=O)Nc3cc(Cl)ccc3Oc3ccccc3)C2)c(C)c1. The van der Waals surface area contributed by atoms with Crippen LogP contribution in [0.1, 0.15) is 29.5 Å². The van der Waals surface area contributed by atoms with Crippen LogP contribution in [0.5, 0.6) is 11.5 Å². The van der Waals surface area contributed by atoms with E-state index in [9.17, 15) is 13.2 Å². The van der Waals surface area contributed by atoms with Gasteiger partial charge in [-0.1, -0.05) is 47.5 Å². The number of anilines is 1. The molecule has 1 aliphatic heterocycles. The molecule has 6 nitrogen and oxygen atoms in total. The summed E-state index contributed by atoms with van der Waals surface area (Å²) in [5, 5.41) is 3.37. The average molecular weight is 513 g/mol. The number of halogens is 1. The zero-order valence-corrected chi connectivity index (χ0v) is 21.6. The van der Waals surface area contributed by atoms with Gasteiger partial charge in [-0.3, -0.25) is 4.79 Å². The minimum absolute atomic E-state index is 0.121.